The summed E-state index contributed by atoms with van der Waals surface area (Å²) in [6, 6.07) is 33.4. The number of anilines is 1. The molecule has 194 valence electrons. The van der Waals surface area contributed by atoms with Gasteiger partial charge >= 0.3 is 5.97 Å². The quantitative estimate of drug-likeness (QED) is 0.287. The molecule has 0 aliphatic carbocycles. The zero-order valence-electron chi connectivity index (χ0n) is 21.5. The number of H-pyrrole nitrogens is 1. The first-order chi connectivity index (χ1) is 19.1. The molecule has 0 spiro atoms. The van der Waals surface area contributed by atoms with Crippen LogP contribution in [0.3, 0.4) is 0 Å². The highest BCUT2D eigenvalue weighted by Gasteiger charge is 2.24. The lowest BCUT2D eigenvalue weighted by Gasteiger charge is -2.36. The Balaban J connectivity index is 1.23. The lowest BCUT2D eigenvalue weighted by Crippen LogP contribution is -2.48. The molecule has 39 heavy (non-hydrogen) atoms. The van der Waals surface area contributed by atoms with Crippen LogP contribution < -0.4 is 4.90 Å². The molecule has 6 nitrogen and oxygen atoms in total. The largest absolute Gasteiger partial charge is 0.478 e. The molecular weight excluding hydrogens is 486 g/mol. The molecule has 2 N–H and O–H groups in total. The fourth-order valence-corrected chi connectivity index (χ4v) is 5.44. The van der Waals surface area contributed by atoms with Crippen LogP contribution in [0.25, 0.3) is 22.0 Å². The van der Waals surface area contributed by atoms with Crippen LogP contribution in [0.1, 0.15) is 32.0 Å². The third-order valence-corrected chi connectivity index (χ3v) is 7.46. The molecule has 6 rings (SSSR count). The summed E-state index contributed by atoms with van der Waals surface area (Å²) in [5, 5.41) is 10.6. The summed E-state index contributed by atoms with van der Waals surface area (Å²) in [5.74, 6) is -0.870. The number of nitrogens with one attached hydrogen (secondary N) is 1. The van der Waals surface area contributed by atoms with Gasteiger partial charge in [-0.3, -0.25) is 4.79 Å². The van der Waals surface area contributed by atoms with E-state index < -0.39 is 5.97 Å². The Morgan fingerprint density at radius 2 is 1.44 bits per heavy atom. The fraction of sp³-hybridized carbons (Fsp3) is 0.152. The normalized spacial score (nSPS) is 13.5. The van der Waals surface area contributed by atoms with E-state index in [1.807, 2.05) is 71.6 Å². The molecule has 0 bridgehead atoms. The summed E-state index contributed by atoms with van der Waals surface area (Å²) in [5.41, 5.74) is 6.78. The van der Waals surface area contributed by atoms with E-state index in [1.165, 1.54) is 5.69 Å². The maximum absolute atomic E-state index is 13.6. The van der Waals surface area contributed by atoms with E-state index in [0.717, 1.165) is 46.4 Å². The van der Waals surface area contributed by atoms with Crippen molar-refractivity contribution in [1.29, 1.82) is 0 Å². The second-order valence-corrected chi connectivity index (χ2v) is 9.90. The lowest BCUT2D eigenvalue weighted by atomic mass is 9.97. The number of piperazine rings is 1. The minimum atomic E-state index is -0.924. The van der Waals surface area contributed by atoms with Crippen molar-refractivity contribution in [2.24, 2.45) is 0 Å². The van der Waals surface area contributed by atoms with Gasteiger partial charge in [-0.25, -0.2) is 4.79 Å². The van der Waals surface area contributed by atoms with Crippen LogP contribution in [0.5, 0.6) is 0 Å². The predicted octanol–water partition coefficient (Wildman–Crippen LogP) is 6.09. The molecule has 5 aromatic rings. The number of aromatic nitrogens is 1. The topological polar surface area (TPSA) is 76.6 Å². The smallest absolute Gasteiger partial charge is 0.335 e. The number of nitrogens with zero attached hydrogens (tertiary/aromatic N) is 2. The van der Waals surface area contributed by atoms with Crippen molar-refractivity contribution in [3.8, 4) is 11.1 Å². The number of fused-ring (bicyclic) bond motifs is 1. The van der Waals surface area contributed by atoms with Gasteiger partial charge in [0.05, 0.1) is 5.56 Å². The number of rotatable bonds is 6. The number of benzene rings is 4. The predicted molar refractivity (Wildman–Crippen MR) is 155 cm³/mol. The Morgan fingerprint density at radius 3 is 2.21 bits per heavy atom. The van der Waals surface area contributed by atoms with Crippen LogP contribution in [-0.4, -0.2) is 53.0 Å². The van der Waals surface area contributed by atoms with Crippen molar-refractivity contribution in [3.05, 3.63) is 126 Å². The number of hydrogen-bond donors (Lipinski definition) is 2. The second kappa shape index (κ2) is 10.5. The van der Waals surface area contributed by atoms with E-state index in [1.54, 1.807) is 12.1 Å². The highest BCUT2D eigenvalue weighted by Crippen LogP contribution is 2.30. The van der Waals surface area contributed by atoms with Gasteiger partial charge in [-0.2, -0.15) is 0 Å². The molecule has 4 aromatic carbocycles. The summed E-state index contributed by atoms with van der Waals surface area (Å²) in [4.78, 5) is 33.0. The number of amides is 1. The van der Waals surface area contributed by atoms with Gasteiger partial charge < -0.3 is 19.9 Å². The number of aromatic carboxylic acids is 1. The molecule has 1 fully saturated rings. The van der Waals surface area contributed by atoms with Crippen molar-refractivity contribution in [2.75, 3.05) is 31.1 Å². The molecule has 1 saturated heterocycles. The Hall–Kier alpha value is -4.84. The second-order valence-electron chi connectivity index (χ2n) is 9.90. The summed E-state index contributed by atoms with van der Waals surface area (Å²) in [6.07, 6.45) is 0.497. The van der Waals surface area contributed by atoms with Gasteiger partial charge in [0.25, 0.3) is 5.91 Å². The third-order valence-electron chi connectivity index (χ3n) is 7.46. The zero-order chi connectivity index (χ0) is 26.8. The van der Waals surface area contributed by atoms with Crippen LogP contribution in [0.4, 0.5) is 5.69 Å². The van der Waals surface area contributed by atoms with Crippen molar-refractivity contribution in [1.82, 2.24) is 9.88 Å². The SMILES string of the molecule is O=C(O)c1ccccc1Cc1cc2cc(-c3ccccc3C(=O)N3CCN(c4ccccc4)CC3)ccc2[nH]1. The van der Waals surface area contributed by atoms with Crippen LogP contribution in [0, 0.1) is 0 Å². The van der Waals surface area contributed by atoms with Crippen LogP contribution in [0.15, 0.2) is 103 Å². The number of carboxylic acids is 1. The maximum atomic E-state index is 13.6. The first-order valence-electron chi connectivity index (χ1n) is 13.2. The molecule has 0 atom stereocenters. The Bertz CT molecular complexity index is 1650. The number of carboxylic acid groups (broad SMARTS) is 1. The summed E-state index contributed by atoms with van der Waals surface area (Å²) >= 11 is 0. The van der Waals surface area contributed by atoms with E-state index in [0.29, 0.717) is 30.6 Å². The fourth-order valence-electron chi connectivity index (χ4n) is 5.44. The number of carbonyl (C=O) groups is 2. The van der Waals surface area contributed by atoms with E-state index in [4.69, 9.17) is 0 Å². The van der Waals surface area contributed by atoms with Crippen molar-refractivity contribution >= 4 is 28.5 Å². The summed E-state index contributed by atoms with van der Waals surface area (Å²) in [7, 11) is 0. The minimum absolute atomic E-state index is 0.0541. The zero-order valence-corrected chi connectivity index (χ0v) is 21.5. The van der Waals surface area contributed by atoms with Crippen LogP contribution in [-0.2, 0) is 6.42 Å². The van der Waals surface area contributed by atoms with E-state index in [-0.39, 0.29) is 5.91 Å². The Labute approximate surface area is 227 Å². The van der Waals surface area contributed by atoms with E-state index >= 15 is 0 Å². The first-order valence-corrected chi connectivity index (χ1v) is 13.2. The average molecular weight is 516 g/mol. The van der Waals surface area contributed by atoms with Gasteiger partial charge in [0.1, 0.15) is 0 Å². The highest BCUT2D eigenvalue weighted by atomic mass is 16.4. The van der Waals surface area contributed by atoms with Gasteiger partial charge in [0.2, 0.25) is 0 Å². The molecule has 1 amide bonds. The summed E-state index contributed by atoms with van der Waals surface area (Å²) in [6.45, 7) is 2.97. The molecular formula is C33H29N3O3. The number of para-hydroxylation sites is 1. The van der Waals surface area contributed by atoms with E-state index in [2.05, 4.69) is 34.1 Å². The van der Waals surface area contributed by atoms with Gasteiger partial charge in [-0.1, -0.05) is 60.7 Å². The minimum Gasteiger partial charge on any atom is -0.478 e. The highest BCUT2D eigenvalue weighted by molar-refractivity contribution is 6.02. The Kier molecular flexibility index (Phi) is 6.59. The number of hydrogen-bond acceptors (Lipinski definition) is 3. The molecule has 0 unspecified atom stereocenters. The third kappa shape index (κ3) is 5.01. The molecule has 1 aliphatic heterocycles. The molecule has 0 radical (unpaired) electrons. The number of carbonyl (C=O) groups excluding carboxylic acids is 1. The molecule has 2 heterocycles. The average Bonchev–Trinajstić information content (AvgIpc) is 3.39. The maximum Gasteiger partial charge on any atom is 0.335 e. The molecule has 1 aromatic heterocycles. The van der Waals surface area contributed by atoms with Gasteiger partial charge in [-0.15, -0.1) is 0 Å². The molecule has 1 aliphatic rings. The van der Waals surface area contributed by atoms with Crippen molar-refractivity contribution in [2.45, 2.75) is 6.42 Å². The van der Waals surface area contributed by atoms with Crippen LogP contribution in [0.2, 0.25) is 0 Å². The monoisotopic (exact) mass is 515 g/mol. The Morgan fingerprint density at radius 1 is 0.744 bits per heavy atom. The standard InChI is InChI=1S/C33H29N3O3/c37-32(36-18-16-35(17-19-36)27-9-2-1-3-10-27)30-13-7-6-11-28(30)24-14-15-31-25(20-24)22-26(34-31)21-23-8-4-5-12-29(23)33(38)39/h1-15,20,22,34H,16-19,21H2,(H,38,39). The lowest BCUT2D eigenvalue weighted by molar-refractivity contribution is 0.0694. The van der Waals surface area contributed by atoms with Gasteiger partial charge in [0.15, 0.2) is 0 Å². The van der Waals surface area contributed by atoms with Gasteiger partial charge in [-0.05, 0) is 59.2 Å². The van der Waals surface area contributed by atoms with Crippen molar-refractivity contribution in [3.63, 3.8) is 0 Å². The molecule has 6 heteroatoms. The summed E-state index contributed by atoms with van der Waals surface area (Å²) < 4.78 is 0. The number of aromatic amines is 1. The van der Waals surface area contributed by atoms with Gasteiger partial charge in [0, 0.05) is 60.4 Å². The first kappa shape index (κ1) is 24.5. The van der Waals surface area contributed by atoms with Crippen molar-refractivity contribution < 1.29 is 14.7 Å². The van der Waals surface area contributed by atoms with E-state index in [9.17, 15) is 14.7 Å². The van der Waals surface area contributed by atoms with Crippen LogP contribution >= 0.6 is 0 Å². The molecule has 0 saturated carbocycles.